The van der Waals surface area contributed by atoms with Crippen LogP contribution in [-0.4, -0.2) is 53.6 Å². The van der Waals surface area contributed by atoms with Crippen LogP contribution in [0.25, 0.3) is 11.0 Å². The molecule has 0 spiro atoms. The molecule has 0 unspecified atom stereocenters. The zero-order valence-corrected chi connectivity index (χ0v) is 15.8. The number of nitrogens with zero attached hydrogens (tertiary/aromatic N) is 2. The summed E-state index contributed by atoms with van der Waals surface area (Å²) in [6.07, 6.45) is 0.488. The van der Waals surface area contributed by atoms with E-state index in [1.54, 1.807) is 0 Å². The van der Waals surface area contributed by atoms with Gasteiger partial charge in [-0.2, -0.15) is 0 Å². The molecule has 0 radical (unpaired) electrons. The second kappa shape index (κ2) is 8.86. The lowest BCUT2D eigenvalue weighted by molar-refractivity contribution is -0.116. The van der Waals surface area contributed by atoms with Crippen LogP contribution in [0.2, 0.25) is 0 Å². The Bertz CT molecular complexity index is 900. The van der Waals surface area contributed by atoms with Crippen molar-refractivity contribution in [2.75, 3.05) is 43.5 Å². The zero-order chi connectivity index (χ0) is 19.2. The number of morpholine rings is 1. The molecule has 1 aliphatic rings. The van der Waals surface area contributed by atoms with E-state index in [9.17, 15) is 4.79 Å². The van der Waals surface area contributed by atoms with Crippen molar-refractivity contribution in [2.45, 2.75) is 13.0 Å². The molecule has 0 saturated carbocycles. The standard InChI is InChI=1S/C21H25N5O2/c27-20(8-9-26-10-12-28-13-11-26)23-17-5-3-4-16(14-17)15-22-21-24-18-6-1-2-7-19(18)25-21/h1-7,14H,8-13,15H2,(H,23,27)(H2,22,24,25). The van der Waals surface area contributed by atoms with E-state index < -0.39 is 0 Å². The minimum atomic E-state index is 0.0360. The number of rotatable bonds is 7. The molecule has 0 bridgehead atoms. The van der Waals surface area contributed by atoms with Gasteiger partial charge in [0.2, 0.25) is 11.9 Å². The number of hydrogen-bond donors (Lipinski definition) is 3. The minimum absolute atomic E-state index is 0.0360. The fourth-order valence-corrected chi connectivity index (χ4v) is 3.29. The van der Waals surface area contributed by atoms with Crippen LogP contribution in [0.5, 0.6) is 0 Å². The predicted molar refractivity (Wildman–Crippen MR) is 110 cm³/mol. The van der Waals surface area contributed by atoms with Crippen LogP contribution in [0.4, 0.5) is 11.6 Å². The average molecular weight is 379 g/mol. The van der Waals surface area contributed by atoms with E-state index in [-0.39, 0.29) is 5.91 Å². The molecule has 2 aromatic carbocycles. The SMILES string of the molecule is O=C(CCN1CCOCC1)Nc1cccc(CNc2nc3ccccc3[nH]2)c1. The number of nitrogens with one attached hydrogen (secondary N) is 3. The smallest absolute Gasteiger partial charge is 0.225 e. The van der Waals surface area contributed by atoms with Crippen LogP contribution in [0.3, 0.4) is 0 Å². The van der Waals surface area contributed by atoms with Gasteiger partial charge in [0, 0.05) is 38.3 Å². The fourth-order valence-electron chi connectivity index (χ4n) is 3.29. The highest BCUT2D eigenvalue weighted by Gasteiger charge is 2.12. The van der Waals surface area contributed by atoms with Crippen molar-refractivity contribution in [3.05, 3.63) is 54.1 Å². The van der Waals surface area contributed by atoms with Gasteiger partial charge in [-0.3, -0.25) is 9.69 Å². The van der Waals surface area contributed by atoms with Gasteiger partial charge in [0.05, 0.1) is 24.2 Å². The number of carbonyl (C=O) groups is 1. The lowest BCUT2D eigenvalue weighted by Gasteiger charge is -2.26. The second-order valence-electron chi connectivity index (χ2n) is 6.91. The second-order valence-corrected chi connectivity index (χ2v) is 6.91. The van der Waals surface area contributed by atoms with E-state index in [1.165, 1.54) is 0 Å². The van der Waals surface area contributed by atoms with Crippen molar-refractivity contribution in [3.63, 3.8) is 0 Å². The highest BCUT2D eigenvalue weighted by atomic mass is 16.5. The number of hydrogen-bond acceptors (Lipinski definition) is 5. The number of para-hydroxylation sites is 2. The number of amides is 1. The Labute approximate surface area is 164 Å². The quantitative estimate of drug-likeness (QED) is 0.588. The van der Waals surface area contributed by atoms with Gasteiger partial charge in [-0.1, -0.05) is 24.3 Å². The molecule has 3 aromatic rings. The van der Waals surface area contributed by atoms with Crippen LogP contribution in [0, 0.1) is 0 Å². The van der Waals surface area contributed by atoms with Gasteiger partial charge in [0.15, 0.2) is 0 Å². The molecule has 1 aromatic heterocycles. The van der Waals surface area contributed by atoms with Crippen LogP contribution >= 0.6 is 0 Å². The normalized spacial score (nSPS) is 14.9. The number of carbonyl (C=O) groups excluding carboxylic acids is 1. The summed E-state index contributed by atoms with van der Waals surface area (Å²) < 4.78 is 5.33. The van der Waals surface area contributed by atoms with Gasteiger partial charge in [0.25, 0.3) is 0 Å². The number of fused-ring (bicyclic) bond motifs is 1. The molecule has 7 heteroatoms. The molecule has 1 fully saturated rings. The van der Waals surface area contributed by atoms with Crippen molar-refractivity contribution in [2.24, 2.45) is 0 Å². The molecule has 1 aliphatic heterocycles. The highest BCUT2D eigenvalue weighted by Crippen LogP contribution is 2.16. The number of H-pyrrole nitrogens is 1. The van der Waals surface area contributed by atoms with E-state index in [0.29, 0.717) is 13.0 Å². The third kappa shape index (κ3) is 4.88. The number of aromatic nitrogens is 2. The Morgan fingerprint density at radius 3 is 2.86 bits per heavy atom. The summed E-state index contributed by atoms with van der Waals surface area (Å²) in [5.74, 6) is 0.773. The molecule has 146 valence electrons. The average Bonchev–Trinajstić information content (AvgIpc) is 3.15. The van der Waals surface area contributed by atoms with Gasteiger partial charge in [-0.25, -0.2) is 4.98 Å². The van der Waals surface area contributed by atoms with E-state index in [1.807, 2.05) is 48.5 Å². The summed E-state index contributed by atoms with van der Waals surface area (Å²) in [4.78, 5) is 22.3. The fraction of sp³-hybridized carbons (Fsp3) is 0.333. The Hall–Kier alpha value is -2.90. The largest absolute Gasteiger partial charge is 0.379 e. The molecule has 4 rings (SSSR count). The van der Waals surface area contributed by atoms with Crippen molar-refractivity contribution in [3.8, 4) is 0 Å². The van der Waals surface area contributed by atoms with E-state index in [4.69, 9.17) is 4.74 Å². The third-order valence-electron chi connectivity index (χ3n) is 4.82. The van der Waals surface area contributed by atoms with E-state index in [2.05, 4.69) is 25.5 Å². The van der Waals surface area contributed by atoms with Gasteiger partial charge in [-0.15, -0.1) is 0 Å². The third-order valence-corrected chi connectivity index (χ3v) is 4.82. The minimum Gasteiger partial charge on any atom is -0.379 e. The first kappa shape index (κ1) is 18.5. The predicted octanol–water partition coefficient (Wildman–Crippen LogP) is 2.84. The number of anilines is 2. The topological polar surface area (TPSA) is 82.3 Å². The van der Waals surface area contributed by atoms with Gasteiger partial charge < -0.3 is 20.4 Å². The molecule has 2 heterocycles. The van der Waals surface area contributed by atoms with Crippen LogP contribution in [0.15, 0.2) is 48.5 Å². The van der Waals surface area contributed by atoms with Gasteiger partial charge >= 0.3 is 0 Å². The highest BCUT2D eigenvalue weighted by molar-refractivity contribution is 5.90. The molecule has 28 heavy (non-hydrogen) atoms. The summed E-state index contributed by atoms with van der Waals surface area (Å²) in [6.45, 7) is 4.69. The van der Waals surface area contributed by atoms with Crippen LogP contribution in [-0.2, 0) is 16.1 Å². The number of benzene rings is 2. The number of aromatic amines is 1. The monoisotopic (exact) mass is 379 g/mol. The summed E-state index contributed by atoms with van der Waals surface area (Å²) in [5, 5.41) is 6.29. The summed E-state index contributed by atoms with van der Waals surface area (Å²) in [6, 6.07) is 15.8. The molecule has 0 aliphatic carbocycles. The number of imidazole rings is 1. The zero-order valence-electron chi connectivity index (χ0n) is 15.8. The van der Waals surface area contributed by atoms with E-state index >= 15 is 0 Å². The summed E-state index contributed by atoms with van der Waals surface area (Å²) in [7, 11) is 0. The van der Waals surface area contributed by atoms with Gasteiger partial charge in [0.1, 0.15) is 0 Å². The molecule has 1 saturated heterocycles. The Kier molecular flexibility index (Phi) is 5.84. The Balaban J connectivity index is 1.29. The van der Waals surface area contributed by atoms with Crippen molar-refractivity contribution in [1.29, 1.82) is 0 Å². The molecule has 1 amide bonds. The van der Waals surface area contributed by atoms with Gasteiger partial charge in [-0.05, 0) is 29.8 Å². The molecule has 0 atom stereocenters. The Morgan fingerprint density at radius 2 is 2.00 bits per heavy atom. The first-order valence-electron chi connectivity index (χ1n) is 9.64. The summed E-state index contributed by atoms with van der Waals surface area (Å²) >= 11 is 0. The maximum atomic E-state index is 12.2. The van der Waals surface area contributed by atoms with Crippen LogP contribution in [0.1, 0.15) is 12.0 Å². The Morgan fingerprint density at radius 1 is 1.14 bits per heavy atom. The molecular formula is C21H25N5O2. The molecule has 7 nitrogen and oxygen atoms in total. The molecular weight excluding hydrogens is 354 g/mol. The lowest BCUT2D eigenvalue weighted by atomic mass is 10.2. The lowest BCUT2D eigenvalue weighted by Crippen LogP contribution is -2.38. The molecule has 3 N–H and O–H groups in total. The van der Waals surface area contributed by atoms with Crippen molar-refractivity contribution >= 4 is 28.6 Å². The maximum absolute atomic E-state index is 12.2. The first-order valence-corrected chi connectivity index (χ1v) is 9.64. The first-order chi connectivity index (χ1) is 13.8. The summed E-state index contributed by atoms with van der Waals surface area (Å²) in [5.41, 5.74) is 3.83. The maximum Gasteiger partial charge on any atom is 0.225 e. The van der Waals surface area contributed by atoms with Crippen molar-refractivity contribution in [1.82, 2.24) is 14.9 Å². The van der Waals surface area contributed by atoms with Crippen LogP contribution < -0.4 is 10.6 Å². The van der Waals surface area contributed by atoms with E-state index in [0.717, 1.165) is 61.1 Å². The van der Waals surface area contributed by atoms with Crippen molar-refractivity contribution < 1.29 is 9.53 Å². The number of ether oxygens (including phenoxy) is 1.